The van der Waals surface area contributed by atoms with Crippen LogP contribution >= 0.6 is 36.4 Å². The first-order valence-corrected chi connectivity index (χ1v) is 10.9. The average molecular weight is 515 g/mol. The molecule has 1 fully saturated rings. The summed E-state index contributed by atoms with van der Waals surface area (Å²) in [4.78, 5) is 15.8. The minimum absolute atomic E-state index is 0. The minimum atomic E-state index is -3.76. The summed E-state index contributed by atoms with van der Waals surface area (Å²) in [6.45, 7) is 1.14. The van der Waals surface area contributed by atoms with Crippen LogP contribution in [-0.4, -0.2) is 44.8 Å². The molecule has 2 heterocycles. The lowest BCUT2D eigenvalue weighted by Crippen LogP contribution is -2.44. The number of aromatic nitrogens is 1. The van der Waals surface area contributed by atoms with E-state index in [1.165, 1.54) is 35.8 Å². The van der Waals surface area contributed by atoms with Crippen molar-refractivity contribution >= 4 is 58.1 Å². The molecule has 0 spiro atoms. The number of hydrogen-bond donors (Lipinski definition) is 1. The zero-order valence-corrected chi connectivity index (χ0v) is 19.8. The summed E-state index contributed by atoms with van der Waals surface area (Å²) in [5, 5.41) is 2.41. The lowest BCUT2D eigenvalue weighted by atomic mass is 10.2. The van der Waals surface area contributed by atoms with Gasteiger partial charge in [-0.15, -0.1) is 24.8 Å². The zero-order valence-electron chi connectivity index (χ0n) is 16.6. The van der Waals surface area contributed by atoms with Crippen molar-refractivity contribution < 1.29 is 22.3 Å². The molecule has 0 aliphatic carbocycles. The summed E-state index contributed by atoms with van der Waals surface area (Å²) in [7, 11) is -2.49. The molecule has 0 saturated carbocycles. The molecule has 0 amide bonds. The van der Waals surface area contributed by atoms with Gasteiger partial charge >= 0.3 is 5.97 Å². The topological polar surface area (TPSA) is 88.6 Å². The van der Waals surface area contributed by atoms with Crippen molar-refractivity contribution in [3.8, 4) is 0 Å². The number of carbonyl (C=O) groups is 1. The van der Waals surface area contributed by atoms with Crippen LogP contribution in [0.1, 0.15) is 28.9 Å². The predicted molar refractivity (Wildman–Crippen MR) is 122 cm³/mol. The molecule has 0 unspecified atom stereocenters. The van der Waals surface area contributed by atoms with Crippen molar-refractivity contribution in [2.45, 2.75) is 24.6 Å². The fraction of sp³-hybridized carbons (Fsp3) is 0.368. The third-order valence-electron chi connectivity index (χ3n) is 4.76. The van der Waals surface area contributed by atoms with E-state index < -0.39 is 27.1 Å². The van der Waals surface area contributed by atoms with Crippen LogP contribution in [0, 0.1) is 5.82 Å². The molecule has 3 rings (SSSR count). The monoisotopic (exact) mass is 513 g/mol. The van der Waals surface area contributed by atoms with Crippen LogP contribution < -0.4 is 9.62 Å². The summed E-state index contributed by atoms with van der Waals surface area (Å²) in [5.41, 5.74) is 0.943. The molecule has 1 aliphatic rings. The van der Waals surface area contributed by atoms with Gasteiger partial charge in [-0.05, 0) is 56.3 Å². The van der Waals surface area contributed by atoms with Crippen LogP contribution in [0.3, 0.4) is 0 Å². The number of nitrogens with one attached hydrogen (secondary N) is 1. The molecule has 0 radical (unpaired) electrons. The number of methoxy groups -OCH3 is 1. The molecule has 0 bridgehead atoms. The molecule has 2 aromatic rings. The van der Waals surface area contributed by atoms with Crippen LogP contribution in [0.4, 0.5) is 10.1 Å². The van der Waals surface area contributed by atoms with Gasteiger partial charge in [0.05, 0.1) is 40.9 Å². The number of rotatable bonds is 6. The van der Waals surface area contributed by atoms with E-state index in [1.807, 2.05) is 0 Å². The van der Waals surface area contributed by atoms with Crippen molar-refractivity contribution in [2.24, 2.45) is 0 Å². The quantitative estimate of drug-likeness (QED) is 0.593. The zero-order chi connectivity index (χ0) is 21.0. The Balaban J connectivity index is 0.00000240. The van der Waals surface area contributed by atoms with Gasteiger partial charge in [-0.2, -0.15) is 0 Å². The molecule has 1 aromatic heterocycles. The van der Waals surface area contributed by atoms with E-state index in [0.29, 0.717) is 31.6 Å². The van der Waals surface area contributed by atoms with Gasteiger partial charge in [0.2, 0.25) is 10.0 Å². The SMILES string of the molecule is COC(=O)c1ccc(CN(c2ccc(F)c(Cl)c2)S(=O)(=O)C2CCNCC2)nc1.Cl.Cl. The molecule has 31 heavy (non-hydrogen) atoms. The van der Waals surface area contributed by atoms with Gasteiger partial charge in [-0.3, -0.25) is 9.29 Å². The minimum Gasteiger partial charge on any atom is -0.465 e. The Hall–Kier alpha value is -1.65. The van der Waals surface area contributed by atoms with E-state index >= 15 is 0 Å². The Morgan fingerprint density at radius 1 is 1.26 bits per heavy atom. The van der Waals surface area contributed by atoms with Gasteiger partial charge < -0.3 is 10.1 Å². The Kier molecular flexibility index (Phi) is 10.4. The van der Waals surface area contributed by atoms with Crippen LogP contribution in [0.25, 0.3) is 0 Å². The molecule has 1 saturated heterocycles. The number of carbonyl (C=O) groups excluding carboxylic acids is 1. The first-order chi connectivity index (χ1) is 13.8. The van der Waals surface area contributed by atoms with Gasteiger partial charge in [0, 0.05) is 6.20 Å². The Morgan fingerprint density at radius 2 is 1.94 bits per heavy atom. The van der Waals surface area contributed by atoms with Crippen molar-refractivity contribution in [3.05, 3.63) is 58.6 Å². The number of benzene rings is 1. The summed E-state index contributed by atoms with van der Waals surface area (Å²) < 4.78 is 46.2. The normalized spacial score (nSPS) is 14.2. The molecule has 12 heteroatoms. The highest BCUT2D eigenvalue weighted by molar-refractivity contribution is 7.93. The summed E-state index contributed by atoms with van der Waals surface area (Å²) in [6, 6.07) is 6.88. The number of halogens is 4. The number of anilines is 1. The van der Waals surface area contributed by atoms with Crippen LogP contribution in [-0.2, 0) is 21.3 Å². The molecule has 1 aromatic carbocycles. The lowest BCUT2D eigenvalue weighted by Gasteiger charge is -2.31. The highest BCUT2D eigenvalue weighted by Crippen LogP contribution is 2.29. The Morgan fingerprint density at radius 3 is 2.48 bits per heavy atom. The molecule has 1 N–H and O–H groups in total. The number of piperidine rings is 1. The molecule has 1 aliphatic heterocycles. The van der Waals surface area contributed by atoms with E-state index in [-0.39, 0.29) is 47.6 Å². The van der Waals surface area contributed by atoms with Gasteiger partial charge in [0.25, 0.3) is 0 Å². The first-order valence-electron chi connectivity index (χ1n) is 9.03. The van der Waals surface area contributed by atoms with Gasteiger partial charge in [-0.25, -0.2) is 17.6 Å². The molecule has 172 valence electrons. The average Bonchev–Trinajstić information content (AvgIpc) is 2.74. The van der Waals surface area contributed by atoms with Crippen LogP contribution in [0.5, 0.6) is 0 Å². The van der Waals surface area contributed by atoms with E-state index in [2.05, 4.69) is 15.0 Å². The summed E-state index contributed by atoms with van der Waals surface area (Å²) in [6.07, 6.45) is 2.28. The maximum atomic E-state index is 13.6. The maximum absolute atomic E-state index is 13.6. The van der Waals surface area contributed by atoms with Crippen LogP contribution in [0.15, 0.2) is 36.5 Å². The number of esters is 1. The molecular weight excluding hydrogens is 492 g/mol. The van der Waals surface area contributed by atoms with Gasteiger partial charge in [0.15, 0.2) is 0 Å². The highest BCUT2D eigenvalue weighted by Gasteiger charge is 2.34. The third kappa shape index (κ3) is 6.43. The Bertz CT molecular complexity index is 987. The van der Waals surface area contributed by atoms with E-state index in [9.17, 15) is 17.6 Å². The summed E-state index contributed by atoms with van der Waals surface area (Å²) >= 11 is 5.89. The molecule has 7 nitrogen and oxygen atoms in total. The maximum Gasteiger partial charge on any atom is 0.339 e. The number of pyridine rings is 1. The van der Waals surface area contributed by atoms with Crippen molar-refractivity contribution in [1.29, 1.82) is 0 Å². The van der Waals surface area contributed by atoms with E-state index in [4.69, 9.17) is 11.6 Å². The van der Waals surface area contributed by atoms with Crippen molar-refractivity contribution in [3.63, 3.8) is 0 Å². The second-order valence-electron chi connectivity index (χ2n) is 6.63. The van der Waals surface area contributed by atoms with Crippen molar-refractivity contribution in [2.75, 3.05) is 24.5 Å². The van der Waals surface area contributed by atoms with Gasteiger partial charge in [-0.1, -0.05) is 11.6 Å². The number of hydrogen-bond acceptors (Lipinski definition) is 6. The number of sulfonamides is 1. The second kappa shape index (κ2) is 11.8. The third-order valence-corrected chi connectivity index (χ3v) is 7.32. The van der Waals surface area contributed by atoms with Crippen LogP contribution in [0.2, 0.25) is 5.02 Å². The van der Waals surface area contributed by atoms with E-state index in [0.717, 1.165) is 6.07 Å². The molecular formula is C19H23Cl3FN3O4S. The summed E-state index contributed by atoms with van der Waals surface area (Å²) in [5.74, 6) is -1.16. The second-order valence-corrected chi connectivity index (χ2v) is 9.17. The number of ether oxygens (including phenoxy) is 1. The predicted octanol–water partition coefficient (Wildman–Crippen LogP) is 3.59. The number of nitrogens with zero attached hydrogens (tertiary/aromatic N) is 2. The van der Waals surface area contributed by atoms with Gasteiger partial charge in [0.1, 0.15) is 5.82 Å². The van der Waals surface area contributed by atoms with Crippen molar-refractivity contribution in [1.82, 2.24) is 10.3 Å². The first kappa shape index (κ1) is 27.4. The fourth-order valence-electron chi connectivity index (χ4n) is 3.15. The smallest absolute Gasteiger partial charge is 0.339 e. The largest absolute Gasteiger partial charge is 0.465 e. The highest BCUT2D eigenvalue weighted by atomic mass is 35.5. The fourth-order valence-corrected chi connectivity index (χ4v) is 5.23. The Labute approximate surface area is 198 Å². The molecule has 0 atom stereocenters. The lowest BCUT2D eigenvalue weighted by molar-refractivity contribution is 0.0600. The standard InChI is InChI=1S/C19H21ClFN3O4S.2ClH/c1-28-19(25)13-2-3-14(23-11-13)12-24(15-4-5-18(21)17(20)10-15)29(26,27)16-6-8-22-9-7-16;;/h2-5,10-11,16,22H,6-9,12H2,1H3;2*1H. The van der Waals surface area contributed by atoms with E-state index in [1.54, 1.807) is 6.07 Å².